The quantitative estimate of drug-likeness (QED) is 0.579. The highest BCUT2D eigenvalue weighted by Gasteiger charge is 2.14. The molecule has 0 aromatic heterocycles. The van der Waals surface area contributed by atoms with Crippen molar-refractivity contribution in [3.63, 3.8) is 0 Å². The number of hydrogen-bond donors (Lipinski definition) is 0. The Balaban J connectivity index is 1.93. The lowest BCUT2D eigenvalue weighted by molar-refractivity contribution is 0.424. The van der Waals surface area contributed by atoms with Gasteiger partial charge < -0.3 is 4.90 Å². The first-order chi connectivity index (χ1) is 6.97. The largest absolute Gasteiger partial charge is 0.360 e. The molecule has 0 N–H and O–H groups in total. The summed E-state index contributed by atoms with van der Waals surface area (Å²) in [6.45, 7) is 3.60. The maximum Gasteiger partial charge on any atom is 0.0988 e. The maximum atomic E-state index is 4.73. The van der Waals surface area contributed by atoms with Gasteiger partial charge in [-0.1, -0.05) is 19.3 Å². The van der Waals surface area contributed by atoms with Gasteiger partial charge in [-0.05, 0) is 25.7 Å². The highest BCUT2D eigenvalue weighted by molar-refractivity contribution is 5.82. The zero-order chi connectivity index (χ0) is 9.64. The van der Waals surface area contributed by atoms with Crippen molar-refractivity contribution < 1.29 is 0 Å². The summed E-state index contributed by atoms with van der Waals surface area (Å²) in [4.78, 5) is 7.28. The van der Waals surface area contributed by atoms with E-state index < -0.39 is 0 Å². The SMILES string of the molecule is C1CCN=C(N2CCCCCC2)CC1. The topological polar surface area (TPSA) is 15.6 Å². The van der Waals surface area contributed by atoms with Crippen LogP contribution >= 0.6 is 0 Å². The summed E-state index contributed by atoms with van der Waals surface area (Å²) >= 11 is 0. The maximum absolute atomic E-state index is 4.73. The van der Waals surface area contributed by atoms with Gasteiger partial charge in [-0.2, -0.15) is 0 Å². The summed E-state index contributed by atoms with van der Waals surface area (Å²) < 4.78 is 0. The Hall–Kier alpha value is -0.530. The van der Waals surface area contributed by atoms with Gasteiger partial charge in [0, 0.05) is 26.1 Å². The monoisotopic (exact) mass is 194 g/mol. The third-order valence-corrected chi connectivity index (χ3v) is 3.32. The van der Waals surface area contributed by atoms with E-state index in [2.05, 4.69) is 4.90 Å². The fraction of sp³-hybridized carbons (Fsp3) is 0.917. The molecule has 0 unspecified atom stereocenters. The zero-order valence-corrected chi connectivity index (χ0v) is 9.17. The first-order valence-electron chi connectivity index (χ1n) is 6.25. The summed E-state index contributed by atoms with van der Waals surface area (Å²) in [5.74, 6) is 1.42. The molecule has 0 bridgehead atoms. The van der Waals surface area contributed by atoms with Gasteiger partial charge in [0.25, 0.3) is 0 Å². The van der Waals surface area contributed by atoms with Crippen molar-refractivity contribution in [2.45, 2.75) is 51.4 Å². The Labute approximate surface area is 87.4 Å². The van der Waals surface area contributed by atoms with E-state index in [1.165, 1.54) is 70.3 Å². The molecule has 0 aliphatic carbocycles. The Kier molecular flexibility index (Phi) is 3.84. The first kappa shape index (κ1) is 10.0. The molecule has 2 rings (SSSR count). The normalized spacial score (nSPS) is 25.1. The molecule has 1 saturated heterocycles. The summed E-state index contributed by atoms with van der Waals surface area (Å²) in [6, 6.07) is 0. The van der Waals surface area contributed by atoms with Crippen molar-refractivity contribution in [3.05, 3.63) is 0 Å². The molecule has 0 aromatic rings. The molecular formula is C12H22N2. The summed E-state index contributed by atoms with van der Waals surface area (Å²) in [5, 5.41) is 0. The molecule has 14 heavy (non-hydrogen) atoms. The fourth-order valence-corrected chi connectivity index (χ4v) is 2.45. The molecular weight excluding hydrogens is 172 g/mol. The number of nitrogens with zero attached hydrogens (tertiary/aromatic N) is 2. The molecule has 2 heteroatoms. The Morgan fingerprint density at radius 1 is 0.786 bits per heavy atom. The Bertz CT molecular complexity index is 190. The van der Waals surface area contributed by atoms with E-state index in [9.17, 15) is 0 Å². The van der Waals surface area contributed by atoms with Crippen LogP contribution in [0, 0.1) is 0 Å². The minimum atomic E-state index is 1.08. The van der Waals surface area contributed by atoms with E-state index in [1.54, 1.807) is 0 Å². The summed E-state index contributed by atoms with van der Waals surface area (Å²) in [7, 11) is 0. The average Bonchev–Trinajstić information content (AvgIpc) is 2.62. The Morgan fingerprint density at radius 2 is 1.50 bits per heavy atom. The van der Waals surface area contributed by atoms with Crippen LogP contribution in [0.4, 0.5) is 0 Å². The van der Waals surface area contributed by atoms with E-state index in [0.29, 0.717) is 0 Å². The lowest BCUT2D eigenvalue weighted by Gasteiger charge is -2.23. The van der Waals surface area contributed by atoms with Crippen LogP contribution in [0.1, 0.15) is 51.4 Å². The van der Waals surface area contributed by atoms with Gasteiger partial charge in [0.2, 0.25) is 0 Å². The van der Waals surface area contributed by atoms with Crippen molar-refractivity contribution in [3.8, 4) is 0 Å². The molecule has 0 amide bonds. The highest BCUT2D eigenvalue weighted by atomic mass is 15.2. The van der Waals surface area contributed by atoms with E-state index >= 15 is 0 Å². The lowest BCUT2D eigenvalue weighted by atomic mass is 10.2. The van der Waals surface area contributed by atoms with Gasteiger partial charge >= 0.3 is 0 Å². The first-order valence-corrected chi connectivity index (χ1v) is 6.25. The third-order valence-electron chi connectivity index (χ3n) is 3.32. The predicted molar refractivity (Wildman–Crippen MR) is 60.8 cm³/mol. The third kappa shape index (κ3) is 2.73. The number of hydrogen-bond acceptors (Lipinski definition) is 2. The van der Waals surface area contributed by atoms with Crippen molar-refractivity contribution in [2.24, 2.45) is 4.99 Å². The molecule has 0 aromatic carbocycles. The van der Waals surface area contributed by atoms with Crippen LogP contribution < -0.4 is 0 Å². The highest BCUT2D eigenvalue weighted by Crippen LogP contribution is 2.15. The van der Waals surface area contributed by atoms with Crippen LogP contribution in [-0.2, 0) is 0 Å². The second-order valence-corrected chi connectivity index (χ2v) is 4.51. The number of aliphatic imine (C=N–C) groups is 1. The van der Waals surface area contributed by atoms with Gasteiger partial charge in [-0.3, -0.25) is 4.99 Å². The van der Waals surface area contributed by atoms with E-state index in [1.807, 2.05) is 0 Å². The predicted octanol–water partition coefficient (Wildman–Crippen LogP) is 2.83. The molecule has 0 saturated carbocycles. The van der Waals surface area contributed by atoms with Crippen LogP contribution in [0.5, 0.6) is 0 Å². The van der Waals surface area contributed by atoms with Crippen LogP contribution in [0.15, 0.2) is 4.99 Å². The lowest BCUT2D eigenvalue weighted by Crippen LogP contribution is -2.31. The molecule has 0 radical (unpaired) electrons. The van der Waals surface area contributed by atoms with Crippen molar-refractivity contribution in [2.75, 3.05) is 19.6 Å². The number of likely N-dealkylation sites (tertiary alicyclic amines) is 1. The second kappa shape index (κ2) is 5.38. The van der Waals surface area contributed by atoms with E-state index in [4.69, 9.17) is 4.99 Å². The smallest absolute Gasteiger partial charge is 0.0988 e. The van der Waals surface area contributed by atoms with Crippen LogP contribution in [0.3, 0.4) is 0 Å². The summed E-state index contributed by atoms with van der Waals surface area (Å²) in [6.07, 6.45) is 10.9. The van der Waals surface area contributed by atoms with Crippen molar-refractivity contribution in [1.29, 1.82) is 0 Å². The molecule has 2 aliphatic rings. The van der Waals surface area contributed by atoms with E-state index in [0.717, 1.165) is 6.54 Å². The minimum absolute atomic E-state index is 1.08. The number of amidine groups is 1. The molecule has 0 spiro atoms. The van der Waals surface area contributed by atoms with Crippen molar-refractivity contribution in [1.82, 2.24) is 4.90 Å². The molecule has 1 fully saturated rings. The molecule has 80 valence electrons. The molecule has 2 aliphatic heterocycles. The average molecular weight is 194 g/mol. The van der Waals surface area contributed by atoms with Crippen LogP contribution in [0.25, 0.3) is 0 Å². The van der Waals surface area contributed by atoms with Crippen molar-refractivity contribution >= 4 is 5.84 Å². The molecule has 2 nitrogen and oxygen atoms in total. The fourth-order valence-electron chi connectivity index (χ4n) is 2.45. The number of rotatable bonds is 0. The van der Waals surface area contributed by atoms with Gasteiger partial charge in [-0.25, -0.2) is 0 Å². The Morgan fingerprint density at radius 3 is 2.29 bits per heavy atom. The second-order valence-electron chi connectivity index (χ2n) is 4.51. The minimum Gasteiger partial charge on any atom is -0.360 e. The van der Waals surface area contributed by atoms with E-state index in [-0.39, 0.29) is 0 Å². The van der Waals surface area contributed by atoms with Crippen LogP contribution in [-0.4, -0.2) is 30.4 Å². The van der Waals surface area contributed by atoms with Crippen LogP contribution in [0.2, 0.25) is 0 Å². The molecule has 0 atom stereocenters. The van der Waals surface area contributed by atoms with Gasteiger partial charge in [0.15, 0.2) is 0 Å². The van der Waals surface area contributed by atoms with Gasteiger partial charge in [0.05, 0.1) is 5.84 Å². The van der Waals surface area contributed by atoms with Gasteiger partial charge in [0.1, 0.15) is 0 Å². The molecule has 2 heterocycles. The van der Waals surface area contributed by atoms with Gasteiger partial charge in [-0.15, -0.1) is 0 Å². The standard InChI is InChI=1S/C12H22N2/c1-2-7-11-14(10-6-1)12-8-4-3-5-9-13-12/h1-11H2. The zero-order valence-electron chi connectivity index (χ0n) is 9.17. The summed E-state index contributed by atoms with van der Waals surface area (Å²) in [5.41, 5.74) is 0.